The van der Waals surface area contributed by atoms with Crippen LogP contribution in [0, 0.1) is 0 Å². The first-order chi connectivity index (χ1) is 8.37. The fraction of sp³-hybridized carbons (Fsp3) is 0.200. The average Bonchev–Trinajstić information content (AvgIpc) is 2.50. The van der Waals surface area contributed by atoms with Gasteiger partial charge in [0.15, 0.2) is 0 Å². The van der Waals surface area contributed by atoms with Crippen LogP contribution in [0.15, 0.2) is 23.1 Å². The number of nitrogens with zero attached hydrogens (tertiary/aromatic N) is 1. The van der Waals surface area contributed by atoms with Gasteiger partial charge in [0.25, 0.3) is 15.9 Å². The molecular weight excluding hydrogens is 260 g/mol. The van der Waals surface area contributed by atoms with Crippen molar-refractivity contribution in [1.29, 1.82) is 0 Å². The summed E-state index contributed by atoms with van der Waals surface area (Å²) in [7, 11) is -2.91. The number of amides is 1. The molecule has 0 saturated heterocycles. The van der Waals surface area contributed by atoms with E-state index in [1.807, 2.05) is 0 Å². The van der Waals surface area contributed by atoms with Crippen molar-refractivity contribution in [3.05, 3.63) is 23.8 Å². The van der Waals surface area contributed by atoms with Gasteiger partial charge in [0.2, 0.25) is 0 Å². The Kier molecular flexibility index (Phi) is 2.74. The van der Waals surface area contributed by atoms with E-state index in [0.29, 0.717) is 4.31 Å². The Morgan fingerprint density at radius 2 is 2.11 bits per heavy atom. The molecule has 0 radical (unpaired) electrons. The van der Waals surface area contributed by atoms with Crippen molar-refractivity contribution in [1.82, 2.24) is 4.31 Å². The Morgan fingerprint density at radius 1 is 1.44 bits per heavy atom. The van der Waals surface area contributed by atoms with Gasteiger partial charge in [0.1, 0.15) is 11.4 Å². The number of carbonyl (C=O) groups is 2. The molecular formula is C10H10N2O5S. The van der Waals surface area contributed by atoms with Crippen molar-refractivity contribution in [2.75, 3.05) is 19.4 Å². The van der Waals surface area contributed by atoms with Crippen LogP contribution in [0.5, 0.6) is 0 Å². The topological polar surface area (TPSA) is 107 Å². The molecule has 0 atom stereocenters. The Morgan fingerprint density at radius 3 is 2.72 bits per heavy atom. The average molecular weight is 270 g/mol. The molecule has 0 saturated carbocycles. The third kappa shape index (κ3) is 1.70. The molecule has 1 heterocycles. The second kappa shape index (κ2) is 3.98. The van der Waals surface area contributed by atoms with Crippen molar-refractivity contribution >= 4 is 27.6 Å². The second-order valence-electron chi connectivity index (χ2n) is 3.65. The van der Waals surface area contributed by atoms with Gasteiger partial charge in [-0.2, -0.15) is 0 Å². The van der Waals surface area contributed by atoms with Gasteiger partial charge in [-0.05, 0) is 18.2 Å². The summed E-state index contributed by atoms with van der Waals surface area (Å²) in [6, 6.07) is 3.94. The third-order valence-electron chi connectivity index (χ3n) is 2.53. The van der Waals surface area contributed by atoms with Gasteiger partial charge >= 0.3 is 5.97 Å². The van der Waals surface area contributed by atoms with Crippen LogP contribution < -0.4 is 5.73 Å². The van der Waals surface area contributed by atoms with Gasteiger partial charge in [-0.25, -0.2) is 12.7 Å². The quantitative estimate of drug-likeness (QED) is 0.578. The summed E-state index contributed by atoms with van der Waals surface area (Å²) < 4.78 is 28.9. The summed E-state index contributed by atoms with van der Waals surface area (Å²) >= 11 is 0. The molecule has 2 N–H and O–H groups in total. The molecule has 0 aromatic heterocycles. The van der Waals surface area contributed by atoms with Crippen LogP contribution in [0.1, 0.15) is 10.4 Å². The number of nitrogen functional groups attached to an aromatic ring is 1. The van der Waals surface area contributed by atoms with Crippen LogP contribution in [0.3, 0.4) is 0 Å². The fourth-order valence-corrected chi connectivity index (χ4v) is 3.18. The van der Waals surface area contributed by atoms with Crippen molar-refractivity contribution in [3.8, 4) is 0 Å². The number of rotatable bonds is 2. The molecule has 1 aromatic carbocycles. The van der Waals surface area contributed by atoms with Crippen molar-refractivity contribution in [3.63, 3.8) is 0 Å². The predicted octanol–water partition coefficient (Wildman–Crippen LogP) is -0.414. The number of ether oxygens (including phenoxy) is 1. The summed E-state index contributed by atoms with van der Waals surface area (Å²) in [6.07, 6.45) is 0. The molecule has 96 valence electrons. The summed E-state index contributed by atoms with van der Waals surface area (Å²) in [6.45, 7) is -0.647. The number of nitrogens with two attached hydrogens (primary N) is 1. The number of anilines is 1. The molecule has 0 fully saturated rings. The molecule has 2 rings (SSSR count). The maximum Gasteiger partial charge on any atom is 0.326 e. The summed E-state index contributed by atoms with van der Waals surface area (Å²) in [5, 5.41) is 0. The zero-order valence-electron chi connectivity index (χ0n) is 9.41. The van der Waals surface area contributed by atoms with Crippen molar-refractivity contribution in [2.24, 2.45) is 0 Å². The van der Waals surface area contributed by atoms with Gasteiger partial charge in [-0.15, -0.1) is 0 Å². The lowest BCUT2D eigenvalue weighted by Crippen LogP contribution is -2.35. The minimum absolute atomic E-state index is 0.00750. The Labute approximate surface area is 103 Å². The highest BCUT2D eigenvalue weighted by Gasteiger charge is 2.42. The molecule has 1 amide bonds. The molecule has 0 unspecified atom stereocenters. The zero-order valence-corrected chi connectivity index (χ0v) is 10.2. The van der Waals surface area contributed by atoms with Crippen LogP contribution >= 0.6 is 0 Å². The largest absolute Gasteiger partial charge is 0.468 e. The van der Waals surface area contributed by atoms with Crippen LogP contribution in [0.2, 0.25) is 0 Å². The summed E-state index contributed by atoms with van der Waals surface area (Å²) in [5.41, 5.74) is 5.72. The molecule has 8 heteroatoms. The third-order valence-corrected chi connectivity index (χ3v) is 4.30. The van der Waals surface area contributed by atoms with Gasteiger partial charge in [0.05, 0.1) is 12.7 Å². The number of esters is 1. The van der Waals surface area contributed by atoms with E-state index in [1.165, 1.54) is 18.2 Å². The number of methoxy groups -OCH3 is 1. The lowest BCUT2D eigenvalue weighted by Gasteiger charge is -2.12. The Hall–Kier alpha value is -2.09. The first kappa shape index (κ1) is 12.4. The number of carbonyl (C=O) groups excluding carboxylic acids is 2. The molecule has 1 aliphatic heterocycles. The number of hydrogen-bond donors (Lipinski definition) is 1. The van der Waals surface area contributed by atoms with E-state index in [0.717, 1.165) is 7.11 Å². The fourth-order valence-electron chi connectivity index (χ4n) is 1.63. The molecule has 0 bridgehead atoms. The molecule has 7 nitrogen and oxygen atoms in total. The maximum absolute atomic E-state index is 12.0. The summed E-state index contributed by atoms with van der Waals surface area (Å²) in [4.78, 5) is 22.8. The zero-order chi connectivity index (χ0) is 13.5. The van der Waals surface area contributed by atoms with Gasteiger partial charge in [-0.3, -0.25) is 9.59 Å². The Bertz CT molecular complexity index is 638. The highest BCUT2D eigenvalue weighted by molar-refractivity contribution is 7.90. The Balaban J connectivity index is 2.51. The van der Waals surface area contributed by atoms with E-state index in [1.54, 1.807) is 0 Å². The van der Waals surface area contributed by atoms with E-state index in [2.05, 4.69) is 4.74 Å². The van der Waals surface area contributed by atoms with Gasteiger partial charge < -0.3 is 10.5 Å². The summed E-state index contributed by atoms with van der Waals surface area (Å²) in [5.74, 6) is -1.57. The highest BCUT2D eigenvalue weighted by Crippen LogP contribution is 2.31. The van der Waals surface area contributed by atoms with E-state index < -0.39 is 28.4 Å². The normalized spacial score (nSPS) is 16.5. The number of hydrogen-bond acceptors (Lipinski definition) is 6. The number of sulfonamides is 1. The lowest BCUT2D eigenvalue weighted by atomic mass is 10.2. The van der Waals surface area contributed by atoms with E-state index in [9.17, 15) is 18.0 Å². The van der Waals surface area contributed by atoms with Gasteiger partial charge in [0, 0.05) is 5.69 Å². The van der Waals surface area contributed by atoms with E-state index >= 15 is 0 Å². The van der Waals surface area contributed by atoms with Crippen LogP contribution in [0.4, 0.5) is 5.69 Å². The SMILES string of the molecule is COC(=O)CN1C(=O)c2ccc(N)cc2S1(=O)=O. The van der Waals surface area contributed by atoms with E-state index in [-0.39, 0.29) is 16.1 Å². The second-order valence-corrected chi connectivity index (χ2v) is 5.48. The monoisotopic (exact) mass is 270 g/mol. The van der Waals surface area contributed by atoms with E-state index in [4.69, 9.17) is 5.73 Å². The molecule has 0 aliphatic carbocycles. The predicted molar refractivity (Wildman–Crippen MR) is 61.1 cm³/mol. The molecule has 1 aromatic rings. The minimum atomic E-state index is -4.02. The number of fused-ring (bicyclic) bond motifs is 1. The first-order valence-corrected chi connectivity index (χ1v) is 6.35. The molecule has 1 aliphatic rings. The molecule has 18 heavy (non-hydrogen) atoms. The van der Waals surface area contributed by atoms with Crippen LogP contribution in [-0.4, -0.2) is 38.3 Å². The standard InChI is InChI=1S/C10H10N2O5S/c1-17-9(13)5-12-10(14)7-3-2-6(11)4-8(7)18(12,15)16/h2-4H,5,11H2,1H3. The van der Waals surface area contributed by atoms with Crippen LogP contribution in [-0.2, 0) is 19.6 Å². The van der Waals surface area contributed by atoms with Gasteiger partial charge in [-0.1, -0.05) is 0 Å². The van der Waals surface area contributed by atoms with Crippen molar-refractivity contribution in [2.45, 2.75) is 4.90 Å². The lowest BCUT2D eigenvalue weighted by molar-refractivity contribution is -0.140. The van der Waals surface area contributed by atoms with Crippen molar-refractivity contribution < 1.29 is 22.7 Å². The smallest absolute Gasteiger partial charge is 0.326 e. The van der Waals surface area contributed by atoms with Crippen LogP contribution in [0.25, 0.3) is 0 Å². The number of benzene rings is 1. The highest BCUT2D eigenvalue weighted by atomic mass is 32.2. The molecule has 0 spiro atoms. The first-order valence-electron chi connectivity index (χ1n) is 4.91. The minimum Gasteiger partial charge on any atom is -0.468 e. The maximum atomic E-state index is 12.0.